The number of cyclic esters (lactones) is 1. The number of hydrogen-bond acceptors (Lipinski definition) is 8. The van der Waals surface area contributed by atoms with Crippen LogP contribution in [0, 0.1) is 0 Å². The molecule has 162 valence electrons. The Morgan fingerprint density at radius 2 is 1.81 bits per heavy atom. The van der Waals surface area contributed by atoms with E-state index in [1.54, 1.807) is 43.5 Å². The molecule has 0 saturated carbocycles. The zero-order valence-electron chi connectivity index (χ0n) is 17.3. The van der Waals surface area contributed by atoms with E-state index in [9.17, 15) is 9.90 Å². The summed E-state index contributed by atoms with van der Waals surface area (Å²) in [6, 6.07) is 12.0. The summed E-state index contributed by atoms with van der Waals surface area (Å²) in [6.07, 6.45) is 1.46. The van der Waals surface area contributed by atoms with E-state index in [0.717, 1.165) is 0 Å². The maximum atomic E-state index is 12.9. The minimum Gasteiger partial charge on any atom is -0.497 e. The molecule has 2 aromatic carbocycles. The molecule has 0 bridgehead atoms. The number of esters is 1. The van der Waals surface area contributed by atoms with Gasteiger partial charge in [-0.1, -0.05) is 12.1 Å². The molecule has 0 amide bonds. The van der Waals surface area contributed by atoms with Crippen LogP contribution in [-0.2, 0) is 31.2 Å². The smallest absolute Gasteiger partial charge is 0.345 e. The van der Waals surface area contributed by atoms with Gasteiger partial charge < -0.3 is 33.5 Å². The van der Waals surface area contributed by atoms with Crippen LogP contribution in [-0.4, -0.2) is 39.2 Å². The molecule has 2 heterocycles. The van der Waals surface area contributed by atoms with E-state index >= 15 is 0 Å². The molecule has 8 nitrogen and oxygen atoms in total. The number of hydrogen-bond donors (Lipinski definition) is 1. The summed E-state index contributed by atoms with van der Waals surface area (Å²) in [4.78, 5) is 12.9. The molecular weight excluding hydrogens is 404 g/mol. The van der Waals surface area contributed by atoms with Crippen molar-refractivity contribution < 1.29 is 38.3 Å². The van der Waals surface area contributed by atoms with Crippen molar-refractivity contribution in [3.8, 4) is 17.2 Å². The van der Waals surface area contributed by atoms with Gasteiger partial charge in [0.2, 0.25) is 6.79 Å². The summed E-state index contributed by atoms with van der Waals surface area (Å²) < 4.78 is 32.2. The average molecular weight is 426 g/mol. The highest BCUT2D eigenvalue weighted by molar-refractivity contribution is 5.97. The molecule has 0 spiro atoms. The largest absolute Gasteiger partial charge is 0.497 e. The van der Waals surface area contributed by atoms with E-state index < -0.39 is 11.8 Å². The van der Waals surface area contributed by atoms with Crippen molar-refractivity contribution in [2.75, 3.05) is 28.1 Å². The highest BCUT2D eigenvalue weighted by Crippen LogP contribution is 2.46. The van der Waals surface area contributed by atoms with Gasteiger partial charge in [-0.15, -0.1) is 0 Å². The lowest BCUT2D eigenvalue weighted by molar-refractivity contribution is -0.186. The molecule has 0 aliphatic carbocycles. The molecule has 1 unspecified atom stereocenters. The third-order valence-corrected chi connectivity index (χ3v) is 5.21. The summed E-state index contributed by atoms with van der Waals surface area (Å²) in [7, 11) is 4.61. The highest BCUT2D eigenvalue weighted by atomic mass is 16.7. The Kier molecular flexibility index (Phi) is 5.48. The number of methoxy groups -OCH3 is 3. The lowest BCUT2D eigenvalue weighted by Crippen LogP contribution is -2.29. The van der Waals surface area contributed by atoms with Crippen molar-refractivity contribution >= 4 is 5.97 Å². The number of ether oxygens (including phenoxy) is 6. The minimum atomic E-state index is -2.01. The van der Waals surface area contributed by atoms with Gasteiger partial charge >= 0.3 is 5.97 Å². The van der Waals surface area contributed by atoms with Crippen LogP contribution in [0.5, 0.6) is 17.2 Å². The highest BCUT2D eigenvalue weighted by Gasteiger charge is 2.50. The lowest BCUT2D eigenvalue weighted by atomic mass is 9.89. The van der Waals surface area contributed by atoms with Crippen molar-refractivity contribution in [3.05, 3.63) is 76.8 Å². The second-order valence-corrected chi connectivity index (χ2v) is 6.86. The van der Waals surface area contributed by atoms with Gasteiger partial charge in [0, 0.05) is 23.1 Å². The number of carbonyl (C=O) groups excluding carboxylic acids is 1. The molecule has 1 N–H and O–H groups in total. The van der Waals surface area contributed by atoms with Gasteiger partial charge in [-0.3, -0.25) is 0 Å². The molecule has 2 aliphatic rings. The Hall–Kier alpha value is -3.65. The number of rotatable bonds is 7. The molecule has 4 rings (SSSR count). The zero-order valence-corrected chi connectivity index (χ0v) is 17.3. The summed E-state index contributed by atoms with van der Waals surface area (Å²) in [5.41, 5.74) is 1.47. The molecule has 2 aliphatic heterocycles. The fraction of sp³-hybridized carbons (Fsp3) is 0.261. The standard InChI is InChI=1S/C23H22O8/c1-26-16-9-7-15(8-10-16)23(25)17(20(22(24)31-23)19-12-29-13-30-19)11-14-5-4-6-18(27-2)21(14)28-3/h4-10,12,25H,11,13H2,1-3H3. The molecule has 1 atom stereocenters. The molecule has 0 radical (unpaired) electrons. The van der Waals surface area contributed by atoms with Gasteiger partial charge in [0.1, 0.15) is 17.6 Å². The van der Waals surface area contributed by atoms with Crippen LogP contribution in [0.3, 0.4) is 0 Å². The van der Waals surface area contributed by atoms with Crippen LogP contribution in [0.25, 0.3) is 0 Å². The Balaban J connectivity index is 1.86. The fourth-order valence-corrected chi connectivity index (χ4v) is 3.70. The van der Waals surface area contributed by atoms with Gasteiger partial charge in [-0.2, -0.15) is 0 Å². The first-order chi connectivity index (χ1) is 15.0. The van der Waals surface area contributed by atoms with Crippen LogP contribution >= 0.6 is 0 Å². The molecule has 2 aromatic rings. The van der Waals surface area contributed by atoms with Crippen LogP contribution < -0.4 is 14.2 Å². The van der Waals surface area contributed by atoms with Gasteiger partial charge in [0.15, 0.2) is 17.3 Å². The molecule has 0 saturated heterocycles. The topological polar surface area (TPSA) is 92.7 Å². The van der Waals surface area contributed by atoms with Crippen LogP contribution in [0.2, 0.25) is 0 Å². The first-order valence-corrected chi connectivity index (χ1v) is 9.50. The molecule has 0 aromatic heterocycles. The Morgan fingerprint density at radius 1 is 1.03 bits per heavy atom. The second-order valence-electron chi connectivity index (χ2n) is 6.86. The number of benzene rings is 2. The molecular formula is C23H22O8. The van der Waals surface area contributed by atoms with Crippen molar-refractivity contribution in [1.82, 2.24) is 0 Å². The Morgan fingerprint density at radius 3 is 2.42 bits per heavy atom. The SMILES string of the molecule is COc1ccc(C2(O)OC(=O)C(C3=COCO3)=C2Cc2cccc(OC)c2OC)cc1. The molecule has 8 heteroatoms. The maximum Gasteiger partial charge on any atom is 0.345 e. The Bertz CT molecular complexity index is 1050. The van der Waals surface area contributed by atoms with Gasteiger partial charge in [0.05, 0.1) is 21.3 Å². The summed E-state index contributed by atoms with van der Waals surface area (Å²) >= 11 is 0. The van der Waals surface area contributed by atoms with E-state index in [0.29, 0.717) is 33.9 Å². The van der Waals surface area contributed by atoms with E-state index in [-0.39, 0.29) is 24.5 Å². The predicted octanol–water partition coefficient (Wildman–Crippen LogP) is 2.80. The quantitative estimate of drug-likeness (QED) is 0.676. The first-order valence-electron chi connectivity index (χ1n) is 9.50. The van der Waals surface area contributed by atoms with Gasteiger partial charge in [-0.25, -0.2) is 4.79 Å². The van der Waals surface area contributed by atoms with Crippen LogP contribution in [0.4, 0.5) is 0 Å². The van der Waals surface area contributed by atoms with Gasteiger partial charge in [-0.05, 0) is 30.3 Å². The predicted molar refractivity (Wildman–Crippen MR) is 108 cm³/mol. The molecule has 31 heavy (non-hydrogen) atoms. The van der Waals surface area contributed by atoms with Gasteiger partial charge in [0.25, 0.3) is 5.79 Å². The van der Waals surface area contributed by atoms with Crippen molar-refractivity contribution in [1.29, 1.82) is 0 Å². The third-order valence-electron chi connectivity index (χ3n) is 5.21. The average Bonchev–Trinajstić information content (AvgIpc) is 3.40. The number of carbonyl (C=O) groups is 1. The number of aliphatic hydroxyl groups is 1. The van der Waals surface area contributed by atoms with Crippen molar-refractivity contribution in [2.24, 2.45) is 0 Å². The fourth-order valence-electron chi connectivity index (χ4n) is 3.70. The zero-order chi connectivity index (χ0) is 22.0. The van der Waals surface area contributed by atoms with E-state index in [2.05, 4.69) is 0 Å². The lowest BCUT2D eigenvalue weighted by Gasteiger charge is -2.26. The third kappa shape index (κ3) is 3.55. The van der Waals surface area contributed by atoms with E-state index in [1.165, 1.54) is 20.5 Å². The summed E-state index contributed by atoms with van der Waals surface area (Å²) in [5, 5.41) is 11.6. The second kappa shape index (κ2) is 8.23. The summed E-state index contributed by atoms with van der Waals surface area (Å²) in [6.45, 7) is -0.0250. The van der Waals surface area contributed by atoms with E-state index in [1.807, 2.05) is 6.07 Å². The Labute approximate surface area is 179 Å². The van der Waals surface area contributed by atoms with E-state index in [4.69, 9.17) is 28.4 Å². The van der Waals surface area contributed by atoms with Crippen molar-refractivity contribution in [2.45, 2.75) is 12.2 Å². The number of para-hydroxylation sites is 1. The summed E-state index contributed by atoms with van der Waals surface area (Å²) in [5.74, 6) is -0.907. The molecule has 0 fully saturated rings. The first kappa shape index (κ1) is 20.6. The maximum absolute atomic E-state index is 12.9. The van der Waals surface area contributed by atoms with Crippen LogP contribution in [0.1, 0.15) is 11.1 Å². The minimum absolute atomic E-state index is 0.0250. The normalized spacial score (nSPS) is 20.0. The van der Waals surface area contributed by atoms with Crippen LogP contribution in [0.15, 0.2) is 65.6 Å². The monoisotopic (exact) mass is 426 g/mol. The van der Waals surface area contributed by atoms with Crippen molar-refractivity contribution in [3.63, 3.8) is 0 Å².